The van der Waals surface area contributed by atoms with Gasteiger partial charge in [-0.1, -0.05) is 24.6 Å². The Labute approximate surface area is 147 Å². The summed E-state index contributed by atoms with van der Waals surface area (Å²) in [5, 5.41) is 6.57. The Morgan fingerprint density at radius 3 is 2.92 bits per heavy atom. The number of carbonyl (C=O) groups excluding carboxylic acids is 1. The van der Waals surface area contributed by atoms with Gasteiger partial charge in [0.05, 0.1) is 0 Å². The number of benzene rings is 1. The fraction of sp³-hybridized carbons (Fsp3) is 0.474. The number of hydrogen-bond acceptors (Lipinski definition) is 3. The van der Waals surface area contributed by atoms with E-state index in [4.69, 9.17) is 0 Å². The zero-order valence-corrected chi connectivity index (χ0v) is 14.6. The Morgan fingerprint density at radius 2 is 2.20 bits per heavy atom. The minimum absolute atomic E-state index is 0.148. The summed E-state index contributed by atoms with van der Waals surface area (Å²) in [6.07, 6.45) is 5.22. The van der Waals surface area contributed by atoms with Gasteiger partial charge < -0.3 is 4.90 Å². The van der Waals surface area contributed by atoms with Crippen LogP contribution in [0.4, 0.5) is 4.39 Å². The Kier molecular flexibility index (Phi) is 5.81. The molecule has 0 bridgehead atoms. The summed E-state index contributed by atoms with van der Waals surface area (Å²) >= 11 is 0. The number of likely N-dealkylation sites (tertiary alicyclic amines) is 1. The highest BCUT2D eigenvalue weighted by Crippen LogP contribution is 2.17. The number of nitrogens with one attached hydrogen (secondary N) is 1. The van der Waals surface area contributed by atoms with Crippen molar-refractivity contribution in [2.75, 3.05) is 19.6 Å². The molecule has 5 nitrogen and oxygen atoms in total. The lowest BCUT2D eigenvalue weighted by Crippen LogP contribution is -2.44. The summed E-state index contributed by atoms with van der Waals surface area (Å²) in [7, 11) is 0. The quantitative estimate of drug-likeness (QED) is 0.876. The third-order valence-corrected chi connectivity index (χ3v) is 4.94. The molecule has 1 aliphatic rings. The first-order valence-electron chi connectivity index (χ1n) is 8.91. The van der Waals surface area contributed by atoms with Crippen molar-refractivity contribution in [2.24, 2.45) is 0 Å². The van der Waals surface area contributed by atoms with E-state index in [9.17, 15) is 9.18 Å². The van der Waals surface area contributed by atoms with Crippen molar-refractivity contribution >= 4 is 5.91 Å². The van der Waals surface area contributed by atoms with E-state index in [1.54, 1.807) is 35.4 Å². The number of carbonyl (C=O) groups is 1. The van der Waals surface area contributed by atoms with Gasteiger partial charge in [-0.2, -0.15) is 5.10 Å². The molecule has 0 spiro atoms. The van der Waals surface area contributed by atoms with Gasteiger partial charge in [0, 0.05) is 37.4 Å². The molecule has 1 aromatic carbocycles. The molecule has 3 rings (SSSR count). The van der Waals surface area contributed by atoms with Gasteiger partial charge in [-0.05, 0) is 38.4 Å². The van der Waals surface area contributed by atoms with Gasteiger partial charge in [-0.3, -0.25) is 14.8 Å². The third kappa shape index (κ3) is 4.45. The van der Waals surface area contributed by atoms with Crippen LogP contribution in [-0.4, -0.2) is 51.6 Å². The SMILES string of the molecule is CC1CCCCN1CCN(Cc1ccccc1F)C(=O)c1ccn[nH]1. The second kappa shape index (κ2) is 8.25. The van der Waals surface area contributed by atoms with E-state index in [0.717, 1.165) is 13.1 Å². The van der Waals surface area contributed by atoms with Crippen LogP contribution in [-0.2, 0) is 6.54 Å². The van der Waals surface area contributed by atoms with E-state index in [1.165, 1.54) is 25.3 Å². The van der Waals surface area contributed by atoms with E-state index in [0.29, 0.717) is 23.8 Å². The number of nitrogens with zero attached hydrogens (tertiary/aromatic N) is 3. The second-order valence-electron chi connectivity index (χ2n) is 6.67. The number of aromatic nitrogens is 2. The van der Waals surface area contributed by atoms with Gasteiger partial charge in [0.25, 0.3) is 5.91 Å². The van der Waals surface area contributed by atoms with E-state index in [2.05, 4.69) is 22.0 Å². The molecule has 1 saturated heterocycles. The van der Waals surface area contributed by atoms with Gasteiger partial charge >= 0.3 is 0 Å². The molecule has 25 heavy (non-hydrogen) atoms. The fourth-order valence-electron chi connectivity index (χ4n) is 3.37. The van der Waals surface area contributed by atoms with Crippen molar-refractivity contribution < 1.29 is 9.18 Å². The molecule has 2 heterocycles. The smallest absolute Gasteiger partial charge is 0.272 e. The van der Waals surface area contributed by atoms with Crippen LogP contribution in [0.5, 0.6) is 0 Å². The zero-order valence-electron chi connectivity index (χ0n) is 14.6. The van der Waals surface area contributed by atoms with Crippen LogP contribution in [0.3, 0.4) is 0 Å². The molecule has 1 amide bonds. The van der Waals surface area contributed by atoms with E-state index < -0.39 is 0 Å². The molecule has 1 fully saturated rings. The topological polar surface area (TPSA) is 52.2 Å². The molecule has 1 atom stereocenters. The molecule has 0 aliphatic carbocycles. The number of amides is 1. The van der Waals surface area contributed by atoms with Crippen molar-refractivity contribution in [3.63, 3.8) is 0 Å². The first-order chi connectivity index (χ1) is 12.1. The molecule has 6 heteroatoms. The number of aromatic amines is 1. The first-order valence-corrected chi connectivity index (χ1v) is 8.91. The summed E-state index contributed by atoms with van der Waals surface area (Å²) in [5.74, 6) is -0.429. The van der Waals surface area contributed by atoms with Gasteiger partial charge in [0.2, 0.25) is 0 Å². The number of piperidine rings is 1. The Hall–Kier alpha value is -2.21. The highest BCUT2D eigenvalue weighted by molar-refractivity contribution is 5.92. The van der Waals surface area contributed by atoms with Crippen LogP contribution in [0.15, 0.2) is 36.5 Å². The third-order valence-electron chi connectivity index (χ3n) is 4.94. The van der Waals surface area contributed by atoms with Crippen LogP contribution in [0.2, 0.25) is 0 Å². The Morgan fingerprint density at radius 1 is 1.36 bits per heavy atom. The van der Waals surface area contributed by atoms with Crippen LogP contribution in [0.1, 0.15) is 42.2 Å². The van der Waals surface area contributed by atoms with Crippen LogP contribution >= 0.6 is 0 Å². The number of hydrogen-bond donors (Lipinski definition) is 1. The summed E-state index contributed by atoms with van der Waals surface area (Å²) in [6, 6.07) is 8.80. The molecule has 134 valence electrons. The maximum absolute atomic E-state index is 14.0. The van der Waals surface area contributed by atoms with Crippen LogP contribution in [0, 0.1) is 5.82 Å². The van der Waals surface area contributed by atoms with Crippen molar-refractivity contribution in [1.29, 1.82) is 0 Å². The highest BCUT2D eigenvalue weighted by Gasteiger charge is 2.22. The van der Waals surface area contributed by atoms with Gasteiger partial charge in [0.15, 0.2) is 0 Å². The van der Waals surface area contributed by atoms with Gasteiger partial charge in [0.1, 0.15) is 11.5 Å². The van der Waals surface area contributed by atoms with Gasteiger partial charge in [-0.15, -0.1) is 0 Å². The summed E-state index contributed by atoms with van der Waals surface area (Å²) < 4.78 is 14.0. The molecule has 0 saturated carbocycles. The lowest BCUT2D eigenvalue weighted by Gasteiger charge is -2.35. The Bertz CT molecular complexity index is 688. The molecular formula is C19H25FN4O. The maximum Gasteiger partial charge on any atom is 0.272 e. The molecule has 0 radical (unpaired) electrons. The normalized spacial score (nSPS) is 18.2. The number of H-pyrrole nitrogens is 1. The minimum atomic E-state index is -0.281. The van der Waals surface area contributed by atoms with Crippen LogP contribution < -0.4 is 0 Å². The average Bonchev–Trinajstić information content (AvgIpc) is 3.15. The molecular weight excluding hydrogens is 319 g/mol. The average molecular weight is 344 g/mol. The summed E-state index contributed by atoms with van der Waals surface area (Å²) in [5.41, 5.74) is 0.963. The monoisotopic (exact) mass is 344 g/mol. The minimum Gasteiger partial charge on any atom is -0.332 e. The van der Waals surface area contributed by atoms with Crippen molar-refractivity contribution in [3.8, 4) is 0 Å². The molecule has 1 N–H and O–H groups in total. The molecule has 1 aliphatic heterocycles. The van der Waals surface area contributed by atoms with Crippen LogP contribution in [0.25, 0.3) is 0 Å². The maximum atomic E-state index is 14.0. The Balaban J connectivity index is 1.72. The van der Waals surface area contributed by atoms with Crippen molar-refractivity contribution in [3.05, 3.63) is 53.6 Å². The molecule has 1 unspecified atom stereocenters. The zero-order chi connectivity index (χ0) is 17.6. The highest BCUT2D eigenvalue weighted by atomic mass is 19.1. The summed E-state index contributed by atoms with van der Waals surface area (Å²) in [4.78, 5) is 16.9. The predicted octanol–water partition coefficient (Wildman–Crippen LogP) is 3.07. The standard InChI is InChI=1S/C19H25FN4O/c1-15-6-4-5-11-23(15)12-13-24(19(25)18-9-10-21-22-18)14-16-7-2-3-8-17(16)20/h2-3,7-10,15H,4-6,11-14H2,1H3,(H,21,22). The lowest BCUT2D eigenvalue weighted by molar-refractivity contribution is 0.0684. The van der Waals surface area contributed by atoms with Crippen molar-refractivity contribution in [1.82, 2.24) is 20.0 Å². The first kappa shape index (κ1) is 17.6. The number of halogens is 1. The molecule has 1 aromatic heterocycles. The number of rotatable bonds is 6. The lowest BCUT2D eigenvalue weighted by atomic mass is 10.0. The van der Waals surface area contributed by atoms with E-state index in [1.807, 2.05) is 0 Å². The van der Waals surface area contributed by atoms with Gasteiger partial charge in [-0.25, -0.2) is 4.39 Å². The predicted molar refractivity (Wildman–Crippen MR) is 94.6 cm³/mol. The van der Waals surface area contributed by atoms with Crippen molar-refractivity contribution in [2.45, 2.75) is 38.8 Å². The second-order valence-corrected chi connectivity index (χ2v) is 6.67. The summed E-state index contributed by atoms with van der Waals surface area (Å²) in [6.45, 7) is 4.92. The van der Waals surface area contributed by atoms with E-state index >= 15 is 0 Å². The molecule has 2 aromatic rings. The fourth-order valence-corrected chi connectivity index (χ4v) is 3.37. The van der Waals surface area contributed by atoms with E-state index in [-0.39, 0.29) is 18.3 Å². The largest absolute Gasteiger partial charge is 0.332 e.